The molecule has 0 amide bonds. The van der Waals surface area contributed by atoms with Crippen LogP contribution in [0.2, 0.25) is 5.15 Å². The van der Waals surface area contributed by atoms with Gasteiger partial charge in [0.25, 0.3) is 5.95 Å². The smallest absolute Gasteiger partial charge is 0.254 e. The Hall–Kier alpha value is -4.02. The van der Waals surface area contributed by atoms with Crippen LogP contribution in [0, 0.1) is 18.6 Å². The van der Waals surface area contributed by atoms with Gasteiger partial charge >= 0.3 is 0 Å². The fourth-order valence-electron chi connectivity index (χ4n) is 4.85. The predicted molar refractivity (Wildman–Crippen MR) is 158 cm³/mol. The van der Waals surface area contributed by atoms with Crippen molar-refractivity contribution in [2.24, 2.45) is 0 Å². The van der Waals surface area contributed by atoms with Crippen molar-refractivity contribution in [3.8, 4) is 11.7 Å². The molecule has 0 unspecified atom stereocenters. The summed E-state index contributed by atoms with van der Waals surface area (Å²) < 4.78 is 34.2. The summed E-state index contributed by atoms with van der Waals surface area (Å²) >= 11 is 6.32. The monoisotopic (exact) mass is 579 g/mol. The molecule has 41 heavy (non-hydrogen) atoms. The number of methoxy groups -OCH3 is 1. The van der Waals surface area contributed by atoms with Crippen LogP contribution in [-0.4, -0.2) is 64.0 Å². The lowest BCUT2D eigenvalue weighted by Crippen LogP contribution is -2.51. The van der Waals surface area contributed by atoms with E-state index in [-0.39, 0.29) is 6.04 Å². The zero-order chi connectivity index (χ0) is 28.9. The number of nitrogens with one attached hydrogen (secondary N) is 1. The van der Waals surface area contributed by atoms with E-state index in [2.05, 4.69) is 38.3 Å². The van der Waals surface area contributed by atoms with Crippen LogP contribution in [0.5, 0.6) is 5.75 Å². The second kappa shape index (κ2) is 12.7. The summed E-state index contributed by atoms with van der Waals surface area (Å²) in [7, 11) is 1.64. The lowest BCUT2D eigenvalue weighted by Gasteiger charge is -2.40. The molecule has 0 bridgehead atoms. The van der Waals surface area contributed by atoms with Crippen LogP contribution < -0.4 is 15.0 Å². The molecule has 1 atom stereocenters. The van der Waals surface area contributed by atoms with E-state index < -0.39 is 11.6 Å². The Balaban J connectivity index is 1.20. The van der Waals surface area contributed by atoms with E-state index >= 15 is 0 Å². The number of halogens is 3. The number of ether oxygens (including phenoxy) is 1. The first kappa shape index (κ1) is 28.5. The number of hydrogen-bond donors (Lipinski definition) is 1. The predicted octanol–water partition coefficient (Wildman–Crippen LogP) is 5.75. The number of rotatable bonds is 9. The molecular weight excluding hydrogens is 548 g/mol. The highest BCUT2D eigenvalue weighted by atomic mass is 35.5. The van der Waals surface area contributed by atoms with Gasteiger partial charge < -0.3 is 15.0 Å². The number of hydrogen-bond acceptors (Lipinski definition) is 7. The molecule has 1 fully saturated rings. The van der Waals surface area contributed by atoms with Crippen LogP contribution in [0.15, 0.2) is 60.8 Å². The standard InChI is InChI=1S/C30H32ClF2N7O/c1-20-19-39(26-14-24(32)13-25(33)15-26)12-11-38(20)10-4-5-23-18-35-40(21(23)2)30-36-28(31)16-29(37-30)34-17-22-6-8-27(41-3)9-7-22/h4-9,13-16,18,20H,10-12,17,19H2,1-3H3,(H,34,36,37)/b5-4+/t20-/m0/s1. The topological polar surface area (TPSA) is 71.3 Å². The molecule has 0 spiro atoms. The first-order valence-electron chi connectivity index (χ1n) is 13.4. The van der Waals surface area contributed by atoms with Crippen molar-refractivity contribution in [3.05, 3.63) is 94.4 Å². The first-order chi connectivity index (χ1) is 19.8. The van der Waals surface area contributed by atoms with Gasteiger partial charge in [0, 0.05) is 62.1 Å². The molecule has 214 valence electrons. The summed E-state index contributed by atoms with van der Waals surface area (Å²) in [6.45, 7) is 7.55. The Morgan fingerprint density at radius 2 is 1.83 bits per heavy atom. The third-order valence-electron chi connectivity index (χ3n) is 7.17. The van der Waals surface area contributed by atoms with E-state index in [1.165, 1.54) is 12.1 Å². The first-order valence-corrected chi connectivity index (χ1v) is 13.7. The molecule has 2 aromatic carbocycles. The molecular formula is C30H32ClF2N7O. The summed E-state index contributed by atoms with van der Waals surface area (Å²) in [6, 6.07) is 13.4. The van der Waals surface area contributed by atoms with E-state index in [9.17, 15) is 8.78 Å². The second-order valence-corrected chi connectivity index (χ2v) is 10.4. The quantitative estimate of drug-likeness (QED) is 0.253. The van der Waals surface area contributed by atoms with Gasteiger partial charge in [-0.25, -0.2) is 13.5 Å². The van der Waals surface area contributed by atoms with Crippen molar-refractivity contribution >= 4 is 29.2 Å². The van der Waals surface area contributed by atoms with Gasteiger partial charge in [0.15, 0.2) is 0 Å². The normalized spacial score (nSPS) is 16.0. The van der Waals surface area contributed by atoms with Gasteiger partial charge in [-0.3, -0.25) is 4.90 Å². The third-order valence-corrected chi connectivity index (χ3v) is 7.36. The van der Waals surface area contributed by atoms with Crippen LogP contribution in [-0.2, 0) is 6.54 Å². The van der Waals surface area contributed by atoms with E-state index in [1.54, 1.807) is 24.1 Å². The van der Waals surface area contributed by atoms with Crippen LogP contribution in [0.3, 0.4) is 0 Å². The molecule has 5 rings (SSSR count). The molecule has 8 nitrogen and oxygen atoms in total. The maximum atomic E-state index is 13.7. The Bertz CT molecular complexity index is 1510. The molecule has 2 aromatic heterocycles. The van der Waals surface area contributed by atoms with E-state index in [0.29, 0.717) is 42.2 Å². The van der Waals surface area contributed by atoms with Gasteiger partial charge in [-0.2, -0.15) is 15.1 Å². The van der Waals surface area contributed by atoms with E-state index in [0.717, 1.165) is 41.7 Å². The van der Waals surface area contributed by atoms with Crippen LogP contribution >= 0.6 is 11.6 Å². The number of nitrogens with zero attached hydrogens (tertiary/aromatic N) is 6. The van der Waals surface area contributed by atoms with Crippen molar-refractivity contribution in [1.82, 2.24) is 24.6 Å². The number of anilines is 2. The maximum Gasteiger partial charge on any atom is 0.254 e. The number of piperazine rings is 1. The lowest BCUT2D eigenvalue weighted by molar-refractivity contribution is 0.210. The SMILES string of the molecule is COc1ccc(CNc2cc(Cl)nc(-n3ncc(/C=C/CN4CCN(c5cc(F)cc(F)c5)C[C@@H]4C)c3C)n2)cc1. The van der Waals surface area contributed by atoms with Crippen LogP contribution in [0.25, 0.3) is 12.0 Å². The summed E-state index contributed by atoms with van der Waals surface area (Å²) in [5.41, 5.74) is 3.48. The Kier molecular flexibility index (Phi) is 8.80. The Morgan fingerprint density at radius 3 is 2.54 bits per heavy atom. The summed E-state index contributed by atoms with van der Waals surface area (Å²) in [6.07, 6.45) is 5.91. The fourth-order valence-corrected chi connectivity index (χ4v) is 5.03. The van der Waals surface area contributed by atoms with Gasteiger partial charge in [0.2, 0.25) is 0 Å². The minimum atomic E-state index is -0.557. The van der Waals surface area contributed by atoms with Crippen LogP contribution in [0.1, 0.15) is 23.7 Å². The largest absolute Gasteiger partial charge is 0.497 e. The molecule has 1 saturated heterocycles. The lowest BCUT2D eigenvalue weighted by atomic mass is 10.1. The molecule has 4 aromatic rings. The van der Waals surface area contributed by atoms with Gasteiger partial charge in [0.05, 0.1) is 19.0 Å². The fraction of sp³-hybridized carbons (Fsp3) is 0.300. The molecule has 1 aliphatic heterocycles. The van der Waals surface area contributed by atoms with Crippen molar-refractivity contribution in [2.75, 3.05) is 43.5 Å². The summed E-state index contributed by atoms with van der Waals surface area (Å²) in [4.78, 5) is 13.4. The molecule has 0 aliphatic carbocycles. The van der Waals surface area contributed by atoms with E-state index in [4.69, 9.17) is 16.3 Å². The molecule has 3 heterocycles. The average Bonchev–Trinajstić information content (AvgIpc) is 3.32. The highest BCUT2D eigenvalue weighted by Gasteiger charge is 2.23. The second-order valence-electron chi connectivity index (χ2n) is 9.99. The summed E-state index contributed by atoms with van der Waals surface area (Å²) in [5, 5.41) is 8.11. The number of benzene rings is 2. The van der Waals surface area contributed by atoms with Crippen molar-refractivity contribution in [1.29, 1.82) is 0 Å². The van der Waals surface area contributed by atoms with Gasteiger partial charge in [-0.05, 0) is 43.7 Å². The van der Waals surface area contributed by atoms with Crippen molar-refractivity contribution < 1.29 is 13.5 Å². The minimum absolute atomic E-state index is 0.215. The maximum absolute atomic E-state index is 13.7. The minimum Gasteiger partial charge on any atom is -0.497 e. The van der Waals surface area contributed by atoms with Gasteiger partial charge in [-0.15, -0.1) is 0 Å². The molecule has 11 heteroatoms. The molecule has 0 radical (unpaired) electrons. The Morgan fingerprint density at radius 1 is 1.07 bits per heavy atom. The van der Waals surface area contributed by atoms with Crippen molar-refractivity contribution in [3.63, 3.8) is 0 Å². The van der Waals surface area contributed by atoms with Gasteiger partial charge in [-0.1, -0.05) is 35.9 Å². The van der Waals surface area contributed by atoms with E-state index in [1.807, 2.05) is 42.2 Å². The van der Waals surface area contributed by atoms with Gasteiger partial charge in [0.1, 0.15) is 28.4 Å². The summed E-state index contributed by atoms with van der Waals surface area (Å²) in [5.74, 6) is 0.662. The van der Waals surface area contributed by atoms with Crippen molar-refractivity contribution in [2.45, 2.75) is 26.4 Å². The van der Waals surface area contributed by atoms with Crippen LogP contribution in [0.4, 0.5) is 20.3 Å². The number of aromatic nitrogens is 4. The average molecular weight is 580 g/mol. The third kappa shape index (κ3) is 7.01. The molecule has 1 aliphatic rings. The Labute approximate surface area is 243 Å². The highest BCUT2D eigenvalue weighted by molar-refractivity contribution is 6.29. The molecule has 0 saturated carbocycles. The zero-order valence-electron chi connectivity index (χ0n) is 23.2. The molecule has 1 N–H and O–H groups in total. The zero-order valence-corrected chi connectivity index (χ0v) is 23.9. The highest BCUT2D eigenvalue weighted by Crippen LogP contribution is 2.23.